The number of carbonyl (C=O) groups excluding carboxylic acids is 1. The highest BCUT2D eigenvalue weighted by atomic mass is 16.7. The first kappa shape index (κ1) is 24.1. The van der Waals surface area contributed by atoms with E-state index in [9.17, 15) is 4.79 Å². The number of hydrogen-bond acceptors (Lipinski definition) is 7. The Hall–Kier alpha value is -3.52. The summed E-state index contributed by atoms with van der Waals surface area (Å²) in [6.07, 6.45) is 7.61. The smallest absolute Gasteiger partial charge is 0.258 e. The number of nitrogens with one attached hydrogen (secondary N) is 1. The molecule has 0 spiro atoms. The molecule has 0 fully saturated rings. The van der Waals surface area contributed by atoms with E-state index in [0.29, 0.717) is 54.6 Å². The number of hydrogen-bond donors (Lipinski definition) is 1. The summed E-state index contributed by atoms with van der Waals surface area (Å²) in [5, 5.41) is 7.85. The van der Waals surface area contributed by atoms with Crippen molar-refractivity contribution >= 4 is 17.7 Å². The molecule has 8 nitrogen and oxygen atoms in total. The summed E-state index contributed by atoms with van der Waals surface area (Å²) >= 11 is 0. The van der Waals surface area contributed by atoms with Crippen LogP contribution in [0.15, 0.2) is 60.2 Å². The second kappa shape index (κ2) is 11.4. The average molecular weight is 455 g/mol. The molecular weight excluding hydrogens is 424 g/mol. The van der Waals surface area contributed by atoms with Crippen LogP contribution in [-0.2, 0) is 19.0 Å². The number of carbonyl (C=O) groups is 1. The molecule has 33 heavy (non-hydrogen) atoms. The minimum atomic E-state index is -0.388. The molecule has 0 saturated carbocycles. The van der Waals surface area contributed by atoms with Gasteiger partial charge in [0.05, 0.1) is 19.8 Å². The Balaban J connectivity index is 1.78. The molecule has 0 bridgehead atoms. The summed E-state index contributed by atoms with van der Waals surface area (Å²) in [5.41, 5.74) is 2.27. The van der Waals surface area contributed by atoms with Gasteiger partial charge in [-0.05, 0) is 36.3 Å². The van der Waals surface area contributed by atoms with Gasteiger partial charge in [0.1, 0.15) is 0 Å². The first-order valence-electron chi connectivity index (χ1n) is 10.7. The van der Waals surface area contributed by atoms with Gasteiger partial charge in [0, 0.05) is 44.5 Å². The summed E-state index contributed by atoms with van der Waals surface area (Å²) in [6, 6.07) is 5.29. The highest BCUT2D eigenvalue weighted by Gasteiger charge is 2.30. The molecule has 0 aliphatic carbocycles. The summed E-state index contributed by atoms with van der Waals surface area (Å²) in [5.74, 6) is 1.83. The molecule has 0 aromatic heterocycles. The van der Waals surface area contributed by atoms with Crippen LogP contribution in [0.4, 0.5) is 0 Å². The molecule has 1 aromatic carbocycles. The number of amides is 1. The van der Waals surface area contributed by atoms with E-state index in [4.69, 9.17) is 29.1 Å². The van der Waals surface area contributed by atoms with Crippen LogP contribution < -0.4 is 9.47 Å². The van der Waals surface area contributed by atoms with Crippen LogP contribution in [0.2, 0.25) is 0 Å². The summed E-state index contributed by atoms with van der Waals surface area (Å²) in [6.45, 7) is 6.88. The first-order chi connectivity index (χ1) is 16.0. The van der Waals surface area contributed by atoms with Crippen molar-refractivity contribution in [2.45, 2.75) is 25.8 Å². The molecular formula is C25H30N2O6. The van der Waals surface area contributed by atoms with Gasteiger partial charge in [0.15, 0.2) is 23.0 Å². The van der Waals surface area contributed by atoms with Crippen molar-refractivity contribution in [2.24, 2.45) is 0 Å². The molecule has 2 heterocycles. The molecule has 176 valence electrons. The van der Waals surface area contributed by atoms with Gasteiger partial charge in [-0.15, -0.1) is 0 Å². The number of benzene rings is 1. The Bertz CT molecular complexity index is 995. The molecule has 3 rings (SSSR count). The Labute approximate surface area is 194 Å². The number of ether oxygens (including phenoxy) is 5. The van der Waals surface area contributed by atoms with E-state index in [0.717, 1.165) is 11.1 Å². The van der Waals surface area contributed by atoms with Crippen molar-refractivity contribution in [3.63, 3.8) is 0 Å². The van der Waals surface area contributed by atoms with Crippen LogP contribution in [0.3, 0.4) is 0 Å². The third kappa shape index (κ3) is 5.64. The number of nitrogens with zero attached hydrogens (tertiary/aromatic N) is 1. The Morgan fingerprint density at radius 2 is 2.06 bits per heavy atom. The number of allylic oxidation sites excluding steroid dienone is 1. The molecule has 2 aliphatic rings. The number of rotatable bonds is 11. The molecule has 0 radical (unpaired) electrons. The van der Waals surface area contributed by atoms with E-state index < -0.39 is 0 Å². The molecule has 2 aliphatic heterocycles. The van der Waals surface area contributed by atoms with Gasteiger partial charge in [0.25, 0.3) is 5.91 Å². The molecule has 1 amide bonds. The maximum atomic E-state index is 13.4. The SMILES string of the molecule is C=C(OCCCOC)/C(=C\C(=C/C)C(=O)N1C=C(c2ccc3c(c2)OCO3)CC1C=N)OC. The topological polar surface area (TPSA) is 90.3 Å². The second-order valence-corrected chi connectivity index (χ2v) is 7.45. The molecule has 0 saturated heterocycles. The lowest BCUT2D eigenvalue weighted by Crippen LogP contribution is -2.34. The zero-order chi connectivity index (χ0) is 23.8. The second-order valence-electron chi connectivity index (χ2n) is 7.45. The third-order valence-corrected chi connectivity index (χ3v) is 5.36. The van der Waals surface area contributed by atoms with Gasteiger partial charge in [-0.3, -0.25) is 4.79 Å². The fourth-order valence-corrected chi connectivity index (χ4v) is 3.56. The van der Waals surface area contributed by atoms with Gasteiger partial charge in [-0.2, -0.15) is 0 Å². The fourth-order valence-electron chi connectivity index (χ4n) is 3.56. The van der Waals surface area contributed by atoms with Crippen molar-refractivity contribution in [2.75, 3.05) is 34.2 Å². The van der Waals surface area contributed by atoms with E-state index in [2.05, 4.69) is 6.58 Å². The predicted octanol–water partition coefficient (Wildman–Crippen LogP) is 4.05. The highest BCUT2D eigenvalue weighted by Crippen LogP contribution is 2.37. The zero-order valence-corrected chi connectivity index (χ0v) is 19.3. The fraction of sp³-hybridized carbons (Fsp3) is 0.360. The van der Waals surface area contributed by atoms with E-state index in [1.807, 2.05) is 18.2 Å². The van der Waals surface area contributed by atoms with Crippen molar-refractivity contribution in [1.29, 1.82) is 5.41 Å². The van der Waals surface area contributed by atoms with Crippen molar-refractivity contribution < 1.29 is 28.5 Å². The van der Waals surface area contributed by atoms with Gasteiger partial charge in [-0.1, -0.05) is 18.7 Å². The average Bonchev–Trinajstić information content (AvgIpc) is 3.48. The summed E-state index contributed by atoms with van der Waals surface area (Å²) in [7, 11) is 3.13. The van der Waals surface area contributed by atoms with Crippen LogP contribution in [0.5, 0.6) is 11.5 Å². The van der Waals surface area contributed by atoms with Crippen LogP contribution in [0.25, 0.3) is 5.57 Å². The lowest BCUT2D eigenvalue weighted by atomic mass is 10.0. The van der Waals surface area contributed by atoms with Gasteiger partial charge in [0.2, 0.25) is 6.79 Å². The molecule has 1 N–H and O–H groups in total. The lowest BCUT2D eigenvalue weighted by molar-refractivity contribution is -0.124. The van der Waals surface area contributed by atoms with E-state index in [1.165, 1.54) is 13.3 Å². The Morgan fingerprint density at radius 3 is 2.76 bits per heavy atom. The normalized spacial score (nSPS) is 17.6. The maximum Gasteiger partial charge on any atom is 0.258 e. The van der Waals surface area contributed by atoms with Crippen LogP contribution in [0, 0.1) is 5.41 Å². The van der Waals surface area contributed by atoms with Gasteiger partial charge >= 0.3 is 0 Å². The molecule has 1 aromatic rings. The summed E-state index contributed by atoms with van der Waals surface area (Å²) < 4.78 is 26.9. The monoisotopic (exact) mass is 454 g/mol. The maximum absolute atomic E-state index is 13.4. The van der Waals surface area contributed by atoms with E-state index >= 15 is 0 Å². The summed E-state index contributed by atoms with van der Waals surface area (Å²) in [4.78, 5) is 14.9. The van der Waals surface area contributed by atoms with Crippen LogP contribution in [0.1, 0.15) is 25.3 Å². The first-order valence-corrected chi connectivity index (χ1v) is 10.7. The zero-order valence-electron chi connectivity index (χ0n) is 19.3. The minimum absolute atomic E-state index is 0.200. The van der Waals surface area contributed by atoms with Crippen LogP contribution in [-0.4, -0.2) is 57.3 Å². The lowest BCUT2D eigenvalue weighted by Gasteiger charge is -2.21. The molecule has 1 unspecified atom stereocenters. The molecule has 1 atom stereocenters. The number of fused-ring (bicyclic) bond motifs is 1. The third-order valence-electron chi connectivity index (χ3n) is 5.36. The van der Waals surface area contributed by atoms with Gasteiger partial charge < -0.3 is 34.0 Å². The predicted molar refractivity (Wildman–Crippen MR) is 125 cm³/mol. The largest absolute Gasteiger partial charge is 0.493 e. The van der Waals surface area contributed by atoms with E-state index in [-0.39, 0.29) is 18.7 Å². The van der Waals surface area contributed by atoms with Crippen molar-refractivity contribution in [3.8, 4) is 11.5 Å². The Morgan fingerprint density at radius 1 is 1.27 bits per heavy atom. The van der Waals surface area contributed by atoms with E-state index in [1.54, 1.807) is 37.3 Å². The van der Waals surface area contributed by atoms with Gasteiger partial charge in [-0.25, -0.2) is 0 Å². The van der Waals surface area contributed by atoms with Crippen molar-refractivity contribution in [1.82, 2.24) is 4.90 Å². The molecule has 8 heteroatoms. The highest BCUT2D eigenvalue weighted by molar-refractivity contribution is 6.00. The standard InChI is InChI=1S/C25H30N2O6/c1-5-18(12-23(30-4)17(2)31-10-6-9-29-3)25(28)27-15-20(11-21(27)14-26)19-7-8-22-24(13-19)33-16-32-22/h5,7-8,12-15,21,26H,2,6,9-11,16H2,1,3-4H3/b18-5+,23-12+,26-14?. The van der Waals surface area contributed by atoms with Crippen molar-refractivity contribution in [3.05, 3.63) is 65.8 Å². The van der Waals surface area contributed by atoms with Crippen LogP contribution >= 0.6 is 0 Å². The quantitative estimate of drug-likeness (QED) is 0.178. The minimum Gasteiger partial charge on any atom is -0.493 e. The Kier molecular flexibility index (Phi) is 8.32. The number of methoxy groups -OCH3 is 2.